The highest BCUT2D eigenvalue weighted by Gasteiger charge is 1.93. The van der Waals surface area contributed by atoms with Gasteiger partial charge in [0.15, 0.2) is 0 Å². The van der Waals surface area contributed by atoms with Gasteiger partial charge in [-0.3, -0.25) is 5.43 Å². The van der Waals surface area contributed by atoms with Crippen molar-refractivity contribution in [3.8, 4) is 0 Å². The molecule has 0 aromatic heterocycles. The molecule has 5 nitrogen and oxygen atoms in total. The first-order valence-electron chi connectivity index (χ1n) is 5.04. The third kappa shape index (κ3) is 11.8. The second kappa shape index (κ2) is 12.8. The number of hydrogen-bond donors (Lipinski definition) is 4. The van der Waals surface area contributed by atoms with Gasteiger partial charge in [-0.2, -0.15) is 0 Å². The summed E-state index contributed by atoms with van der Waals surface area (Å²) in [5.41, 5.74) is 3.22. The van der Waals surface area contributed by atoms with E-state index in [1.807, 2.05) is 0 Å². The van der Waals surface area contributed by atoms with E-state index < -0.39 is 6.10 Å². The van der Waals surface area contributed by atoms with Gasteiger partial charge in [0.05, 0.1) is 13.2 Å². The molecule has 0 bridgehead atoms. The summed E-state index contributed by atoms with van der Waals surface area (Å²) in [5.74, 6) is 0. The van der Waals surface area contributed by atoms with E-state index in [4.69, 9.17) is 15.3 Å². The van der Waals surface area contributed by atoms with Crippen LogP contribution in [0.25, 0.3) is 0 Å². The number of nitrogens with one attached hydrogen (secondary N) is 1. The fourth-order valence-electron chi connectivity index (χ4n) is 0.729. The number of hydrazine groups is 1. The minimum Gasteiger partial charge on any atom is -0.394 e. The van der Waals surface area contributed by atoms with Crippen LogP contribution in [-0.2, 0) is 0 Å². The zero-order chi connectivity index (χ0) is 11.4. The van der Waals surface area contributed by atoms with Crippen LogP contribution in [0.5, 0.6) is 0 Å². The lowest BCUT2D eigenvalue weighted by molar-refractivity contribution is 0.0450. The highest BCUT2D eigenvalue weighted by Crippen LogP contribution is 1.76. The summed E-state index contributed by atoms with van der Waals surface area (Å²) in [7, 11) is 0. The van der Waals surface area contributed by atoms with Crippen LogP contribution in [0, 0.1) is 0 Å². The Labute approximate surface area is 86.3 Å². The minimum atomic E-state index is -0.954. The Bertz CT molecular complexity index is 96.1. The predicted molar refractivity (Wildman–Crippen MR) is 56.8 cm³/mol. The van der Waals surface area contributed by atoms with Crippen molar-refractivity contribution in [2.24, 2.45) is 0 Å². The van der Waals surface area contributed by atoms with Crippen molar-refractivity contribution in [3.05, 3.63) is 0 Å². The summed E-state index contributed by atoms with van der Waals surface area (Å²) in [6.45, 7) is 8.88. The minimum absolute atomic E-state index is 0.365. The number of aliphatic hydroxyl groups excluding tert-OH is 3. The first kappa shape index (κ1) is 16.2. The summed E-state index contributed by atoms with van der Waals surface area (Å²) in [5, 5.41) is 26.2. The van der Waals surface area contributed by atoms with Crippen molar-refractivity contribution in [1.29, 1.82) is 0 Å². The zero-order valence-corrected chi connectivity index (χ0v) is 9.40. The largest absolute Gasteiger partial charge is 0.394 e. The molecule has 0 radical (unpaired) electrons. The Morgan fingerprint density at radius 1 is 1.07 bits per heavy atom. The smallest absolute Gasteiger partial charge is 0.100 e. The van der Waals surface area contributed by atoms with Crippen LogP contribution < -0.4 is 5.43 Å². The molecule has 0 amide bonds. The maximum atomic E-state index is 8.17. The summed E-state index contributed by atoms with van der Waals surface area (Å²) in [6.07, 6.45) is -0.954. The topological polar surface area (TPSA) is 76.0 Å². The molecule has 14 heavy (non-hydrogen) atoms. The number of rotatable bonds is 6. The number of nitrogens with zero attached hydrogens (tertiary/aromatic N) is 1. The van der Waals surface area contributed by atoms with Crippen LogP contribution in [0.15, 0.2) is 0 Å². The predicted octanol–water partition coefficient (Wildman–Crippen LogP) is -0.815. The Morgan fingerprint density at radius 2 is 1.50 bits per heavy atom. The molecule has 0 heterocycles. The van der Waals surface area contributed by atoms with Gasteiger partial charge >= 0.3 is 0 Å². The van der Waals surface area contributed by atoms with Gasteiger partial charge in [-0.25, -0.2) is 5.01 Å². The molecule has 0 saturated carbocycles. The maximum absolute atomic E-state index is 8.17. The van der Waals surface area contributed by atoms with Crippen LogP contribution in [0.1, 0.15) is 20.8 Å². The molecule has 5 heteroatoms. The van der Waals surface area contributed by atoms with Gasteiger partial charge in [-0.1, -0.05) is 20.8 Å². The SMILES string of the molecule is CCNN(CC)CC.OCC(O)CO. The summed E-state index contributed by atoms with van der Waals surface area (Å²) in [4.78, 5) is 0. The van der Waals surface area contributed by atoms with Crippen LogP contribution in [0.2, 0.25) is 0 Å². The fraction of sp³-hybridized carbons (Fsp3) is 1.00. The van der Waals surface area contributed by atoms with E-state index in [0.717, 1.165) is 19.6 Å². The molecule has 0 saturated heterocycles. The summed E-state index contributed by atoms with van der Waals surface area (Å²) in [6, 6.07) is 0. The third-order valence-corrected chi connectivity index (χ3v) is 1.57. The van der Waals surface area contributed by atoms with Gasteiger partial charge in [-0.05, 0) is 0 Å². The fourth-order valence-corrected chi connectivity index (χ4v) is 0.729. The van der Waals surface area contributed by atoms with Crippen LogP contribution in [-0.4, -0.2) is 59.3 Å². The van der Waals surface area contributed by atoms with E-state index in [1.54, 1.807) is 0 Å². The Hall–Kier alpha value is -0.200. The lowest BCUT2D eigenvalue weighted by Crippen LogP contribution is -2.37. The van der Waals surface area contributed by atoms with E-state index in [2.05, 4.69) is 31.2 Å². The normalized spacial score (nSPS) is 10.3. The second-order valence-corrected chi connectivity index (χ2v) is 2.70. The average molecular weight is 208 g/mol. The molecule has 0 aliphatic rings. The zero-order valence-electron chi connectivity index (χ0n) is 9.40. The highest BCUT2D eigenvalue weighted by molar-refractivity contribution is 4.44. The average Bonchev–Trinajstić information content (AvgIpc) is 2.25. The molecular formula is C9H24N2O3. The van der Waals surface area contributed by atoms with Crippen molar-refractivity contribution in [2.45, 2.75) is 26.9 Å². The molecular weight excluding hydrogens is 184 g/mol. The molecule has 88 valence electrons. The van der Waals surface area contributed by atoms with E-state index >= 15 is 0 Å². The Kier molecular flexibility index (Phi) is 14.8. The molecule has 0 unspecified atom stereocenters. The quantitative estimate of drug-likeness (QED) is 0.429. The first-order chi connectivity index (χ1) is 6.65. The molecule has 0 aliphatic heterocycles. The molecule has 0 fully saturated rings. The monoisotopic (exact) mass is 208 g/mol. The van der Waals surface area contributed by atoms with Crippen LogP contribution >= 0.6 is 0 Å². The van der Waals surface area contributed by atoms with Crippen LogP contribution in [0.4, 0.5) is 0 Å². The van der Waals surface area contributed by atoms with Gasteiger partial charge in [-0.15, -0.1) is 0 Å². The molecule has 4 N–H and O–H groups in total. The molecule has 0 aliphatic carbocycles. The van der Waals surface area contributed by atoms with E-state index in [1.165, 1.54) is 0 Å². The molecule has 0 aromatic carbocycles. The number of aliphatic hydroxyl groups is 3. The standard InChI is InChI=1S/C6H16N2.C3H8O3/c1-4-7-8(5-2)6-3;4-1-3(6)2-5/h7H,4-6H2,1-3H3;3-6H,1-2H2. The van der Waals surface area contributed by atoms with Gasteiger partial charge in [0.1, 0.15) is 6.10 Å². The molecule has 0 rings (SSSR count). The molecule has 0 aromatic rings. The van der Waals surface area contributed by atoms with Crippen molar-refractivity contribution in [3.63, 3.8) is 0 Å². The Balaban J connectivity index is 0. The molecule has 0 atom stereocenters. The first-order valence-corrected chi connectivity index (χ1v) is 5.04. The van der Waals surface area contributed by atoms with Gasteiger partial charge in [0.25, 0.3) is 0 Å². The molecule has 0 spiro atoms. The van der Waals surface area contributed by atoms with E-state index in [0.29, 0.717) is 0 Å². The number of hydrogen-bond acceptors (Lipinski definition) is 5. The second-order valence-electron chi connectivity index (χ2n) is 2.70. The third-order valence-electron chi connectivity index (χ3n) is 1.57. The van der Waals surface area contributed by atoms with Crippen molar-refractivity contribution in [2.75, 3.05) is 32.8 Å². The van der Waals surface area contributed by atoms with Crippen molar-refractivity contribution < 1.29 is 15.3 Å². The summed E-state index contributed by atoms with van der Waals surface area (Å²) >= 11 is 0. The summed E-state index contributed by atoms with van der Waals surface area (Å²) < 4.78 is 0. The van der Waals surface area contributed by atoms with Crippen LogP contribution in [0.3, 0.4) is 0 Å². The lowest BCUT2D eigenvalue weighted by Gasteiger charge is -2.17. The van der Waals surface area contributed by atoms with Crippen molar-refractivity contribution in [1.82, 2.24) is 10.4 Å². The van der Waals surface area contributed by atoms with E-state index in [-0.39, 0.29) is 13.2 Å². The maximum Gasteiger partial charge on any atom is 0.100 e. The lowest BCUT2D eigenvalue weighted by atomic mass is 10.4. The highest BCUT2D eigenvalue weighted by atomic mass is 16.3. The van der Waals surface area contributed by atoms with Gasteiger partial charge in [0, 0.05) is 19.6 Å². The van der Waals surface area contributed by atoms with Crippen molar-refractivity contribution >= 4 is 0 Å². The van der Waals surface area contributed by atoms with Gasteiger partial charge < -0.3 is 15.3 Å². The van der Waals surface area contributed by atoms with Gasteiger partial charge in [0.2, 0.25) is 0 Å². The van der Waals surface area contributed by atoms with E-state index in [9.17, 15) is 0 Å². The Morgan fingerprint density at radius 3 is 1.57 bits per heavy atom.